The van der Waals surface area contributed by atoms with E-state index in [0.29, 0.717) is 6.54 Å². The smallest absolute Gasteiger partial charge is 0.325 e. The number of urea groups is 1. The standard InChI is InChI=1S/C17H23N3O3/c1-5-6-18-13(21)9-20-16(22)15(19-17(20)23)14-11(3)7-10(2)8-12(14)4/h7-8,15H,5-6,9H2,1-4H3,(H,18,21)(H,19,23). The predicted molar refractivity (Wildman–Crippen MR) is 86.9 cm³/mol. The lowest BCUT2D eigenvalue weighted by atomic mass is 9.94. The van der Waals surface area contributed by atoms with E-state index in [1.54, 1.807) is 0 Å². The molecule has 1 aliphatic heterocycles. The molecule has 0 spiro atoms. The Hall–Kier alpha value is -2.37. The van der Waals surface area contributed by atoms with Crippen LogP contribution in [0.1, 0.15) is 41.6 Å². The summed E-state index contributed by atoms with van der Waals surface area (Å²) >= 11 is 0. The van der Waals surface area contributed by atoms with Crippen molar-refractivity contribution >= 4 is 17.8 Å². The fourth-order valence-corrected chi connectivity index (χ4v) is 2.97. The van der Waals surface area contributed by atoms with E-state index in [9.17, 15) is 14.4 Å². The quantitative estimate of drug-likeness (QED) is 0.812. The topological polar surface area (TPSA) is 78.5 Å². The van der Waals surface area contributed by atoms with Crippen molar-refractivity contribution in [3.63, 3.8) is 0 Å². The van der Waals surface area contributed by atoms with Crippen molar-refractivity contribution in [1.29, 1.82) is 0 Å². The summed E-state index contributed by atoms with van der Waals surface area (Å²) in [6.07, 6.45) is 0.802. The van der Waals surface area contributed by atoms with E-state index in [2.05, 4.69) is 10.6 Å². The number of imide groups is 1. The number of nitrogens with zero attached hydrogens (tertiary/aromatic N) is 1. The van der Waals surface area contributed by atoms with Gasteiger partial charge >= 0.3 is 6.03 Å². The van der Waals surface area contributed by atoms with Crippen LogP contribution in [0.3, 0.4) is 0 Å². The maximum absolute atomic E-state index is 12.6. The van der Waals surface area contributed by atoms with E-state index >= 15 is 0 Å². The molecule has 0 bridgehead atoms. The van der Waals surface area contributed by atoms with Gasteiger partial charge in [0.1, 0.15) is 12.6 Å². The zero-order chi connectivity index (χ0) is 17.1. The molecule has 0 saturated carbocycles. The Kier molecular flexibility index (Phi) is 5.03. The van der Waals surface area contributed by atoms with Gasteiger partial charge in [0.05, 0.1) is 0 Å². The van der Waals surface area contributed by atoms with Crippen LogP contribution in [0.5, 0.6) is 0 Å². The molecule has 1 unspecified atom stereocenters. The molecule has 1 saturated heterocycles. The predicted octanol–water partition coefficient (Wildman–Crippen LogP) is 1.73. The Morgan fingerprint density at radius 1 is 1.22 bits per heavy atom. The van der Waals surface area contributed by atoms with Crippen LogP contribution in [0.15, 0.2) is 12.1 Å². The highest BCUT2D eigenvalue weighted by molar-refractivity contribution is 6.07. The van der Waals surface area contributed by atoms with Gasteiger partial charge < -0.3 is 10.6 Å². The lowest BCUT2D eigenvalue weighted by Crippen LogP contribution is -2.41. The van der Waals surface area contributed by atoms with Crippen molar-refractivity contribution in [3.8, 4) is 0 Å². The van der Waals surface area contributed by atoms with Crippen LogP contribution in [0.4, 0.5) is 4.79 Å². The molecule has 1 fully saturated rings. The highest BCUT2D eigenvalue weighted by Gasteiger charge is 2.40. The van der Waals surface area contributed by atoms with Gasteiger partial charge in [0.15, 0.2) is 0 Å². The summed E-state index contributed by atoms with van der Waals surface area (Å²) in [6, 6.07) is 2.73. The van der Waals surface area contributed by atoms with E-state index in [1.807, 2.05) is 39.8 Å². The molecule has 6 nitrogen and oxygen atoms in total. The molecule has 2 N–H and O–H groups in total. The first-order valence-corrected chi connectivity index (χ1v) is 7.81. The van der Waals surface area contributed by atoms with Gasteiger partial charge in [-0.25, -0.2) is 4.79 Å². The van der Waals surface area contributed by atoms with Crippen LogP contribution in [0, 0.1) is 20.8 Å². The lowest BCUT2D eigenvalue weighted by Gasteiger charge is -2.16. The fraction of sp³-hybridized carbons (Fsp3) is 0.471. The molecule has 2 rings (SSSR count). The second kappa shape index (κ2) is 6.81. The van der Waals surface area contributed by atoms with Crippen molar-refractivity contribution in [3.05, 3.63) is 34.4 Å². The normalized spacial score (nSPS) is 17.4. The highest BCUT2D eigenvalue weighted by atomic mass is 16.2. The number of hydrogen-bond donors (Lipinski definition) is 2. The number of amides is 4. The van der Waals surface area contributed by atoms with E-state index in [-0.39, 0.29) is 18.4 Å². The number of nitrogens with one attached hydrogen (secondary N) is 2. The van der Waals surface area contributed by atoms with Gasteiger partial charge in [-0.3, -0.25) is 14.5 Å². The molecule has 0 aromatic heterocycles. The molecule has 4 amide bonds. The van der Waals surface area contributed by atoms with Crippen LogP contribution in [-0.2, 0) is 9.59 Å². The Labute approximate surface area is 136 Å². The average Bonchev–Trinajstić information content (AvgIpc) is 2.72. The summed E-state index contributed by atoms with van der Waals surface area (Å²) in [4.78, 5) is 37.4. The number of aryl methyl sites for hydroxylation is 3. The molecule has 1 aliphatic rings. The van der Waals surface area contributed by atoms with Crippen molar-refractivity contribution in [1.82, 2.24) is 15.5 Å². The lowest BCUT2D eigenvalue weighted by molar-refractivity contribution is -0.132. The van der Waals surface area contributed by atoms with Crippen LogP contribution in [-0.4, -0.2) is 35.8 Å². The zero-order valence-electron chi connectivity index (χ0n) is 14.0. The molecular weight excluding hydrogens is 294 g/mol. The fourth-order valence-electron chi connectivity index (χ4n) is 2.97. The van der Waals surface area contributed by atoms with Gasteiger partial charge in [-0.1, -0.05) is 24.6 Å². The van der Waals surface area contributed by atoms with Crippen LogP contribution >= 0.6 is 0 Å². The maximum atomic E-state index is 12.6. The summed E-state index contributed by atoms with van der Waals surface area (Å²) in [5.41, 5.74) is 3.83. The van der Waals surface area contributed by atoms with E-state index in [0.717, 1.165) is 33.6 Å². The molecule has 1 aromatic carbocycles. The SMILES string of the molecule is CCCNC(=O)CN1C(=O)NC(c2c(C)cc(C)cc2C)C1=O. The molecule has 1 heterocycles. The minimum Gasteiger partial charge on any atom is -0.355 e. The highest BCUT2D eigenvalue weighted by Crippen LogP contribution is 2.28. The monoisotopic (exact) mass is 317 g/mol. The first kappa shape index (κ1) is 17.0. The second-order valence-electron chi connectivity index (χ2n) is 5.97. The van der Waals surface area contributed by atoms with Crippen molar-refractivity contribution in [2.75, 3.05) is 13.1 Å². The Bertz CT molecular complexity index is 631. The molecule has 0 radical (unpaired) electrons. The van der Waals surface area contributed by atoms with E-state index in [4.69, 9.17) is 0 Å². The molecule has 23 heavy (non-hydrogen) atoms. The van der Waals surface area contributed by atoms with E-state index < -0.39 is 12.1 Å². The van der Waals surface area contributed by atoms with Crippen LogP contribution < -0.4 is 10.6 Å². The first-order valence-electron chi connectivity index (χ1n) is 7.81. The summed E-state index contributed by atoms with van der Waals surface area (Å²) in [5.74, 6) is -0.704. The van der Waals surface area contributed by atoms with Gasteiger partial charge in [0, 0.05) is 6.54 Å². The van der Waals surface area contributed by atoms with Crippen LogP contribution in [0.25, 0.3) is 0 Å². The first-order chi connectivity index (χ1) is 10.8. The molecule has 124 valence electrons. The number of carbonyl (C=O) groups is 3. The molecular formula is C17H23N3O3. The summed E-state index contributed by atoms with van der Waals surface area (Å²) in [5, 5.41) is 5.36. The summed E-state index contributed by atoms with van der Waals surface area (Å²) in [7, 11) is 0. The molecule has 1 atom stereocenters. The third-order valence-corrected chi connectivity index (χ3v) is 3.93. The second-order valence-corrected chi connectivity index (χ2v) is 5.97. The molecule has 1 aromatic rings. The maximum Gasteiger partial charge on any atom is 0.325 e. The number of hydrogen-bond acceptors (Lipinski definition) is 3. The minimum absolute atomic E-state index is 0.245. The third-order valence-electron chi connectivity index (χ3n) is 3.93. The molecule has 6 heteroatoms. The third kappa shape index (κ3) is 3.52. The van der Waals surface area contributed by atoms with Crippen molar-refractivity contribution in [2.45, 2.75) is 40.2 Å². The zero-order valence-corrected chi connectivity index (χ0v) is 14.0. The number of rotatable bonds is 5. The average molecular weight is 317 g/mol. The summed E-state index contributed by atoms with van der Waals surface area (Å²) in [6.45, 7) is 8.06. The van der Waals surface area contributed by atoms with Crippen LogP contribution in [0.2, 0.25) is 0 Å². The Morgan fingerprint density at radius 3 is 2.39 bits per heavy atom. The van der Waals surface area contributed by atoms with Gasteiger partial charge in [-0.05, 0) is 43.9 Å². The Morgan fingerprint density at radius 2 is 1.83 bits per heavy atom. The molecule has 0 aliphatic carbocycles. The number of benzene rings is 1. The van der Waals surface area contributed by atoms with Crippen molar-refractivity contribution in [2.24, 2.45) is 0 Å². The van der Waals surface area contributed by atoms with E-state index in [1.165, 1.54) is 0 Å². The van der Waals surface area contributed by atoms with Crippen molar-refractivity contribution < 1.29 is 14.4 Å². The van der Waals surface area contributed by atoms with Gasteiger partial charge in [-0.15, -0.1) is 0 Å². The minimum atomic E-state index is -0.720. The largest absolute Gasteiger partial charge is 0.355 e. The van der Waals surface area contributed by atoms with Gasteiger partial charge in [0.25, 0.3) is 5.91 Å². The summed E-state index contributed by atoms with van der Waals surface area (Å²) < 4.78 is 0. The number of carbonyl (C=O) groups excluding carboxylic acids is 3. The van der Waals surface area contributed by atoms with Gasteiger partial charge in [-0.2, -0.15) is 0 Å². The Balaban J connectivity index is 2.20. The van der Waals surface area contributed by atoms with Gasteiger partial charge in [0.2, 0.25) is 5.91 Å².